The molecule has 3 rings (SSSR count). The Kier molecular flexibility index (Phi) is 4.15. The van der Waals surface area contributed by atoms with E-state index in [0.29, 0.717) is 18.7 Å². The second-order valence-electron chi connectivity index (χ2n) is 5.22. The van der Waals surface area contributed by atoms with Crippen molar-refractivity contribution in [3.63, 3.8) is 0 Å². The van der Waals surface area contributed by atoms with E-state index in [4.69, 9.17) is 4.42 Å². The van der Waals surface area contributed by atoms with E-state index in [2.05, 4.69) is 4.98 Å². The van der Waals surface area contributed by atoms with E-state index in [1.165, 1.54) is 0 Å². The van der Waals surface area contributed by atoms with Crippen molar-refractivity contribution < 1.29 is 9.21 Å². The van der Waals surface area contributed by atoms with Gasteiger partial charge >= 0.3 is 0 Å². The first-order valence-corrected chi connectivity index (χ1v) is 7.34. The van der Waals surface area contributed by atoms with Gasteiger partial charge in [0.05, 0.1) is 0 Å². The Morgan fingerprint density at radius 2 is 1.55 bits per heavy atom. The summed E-state index contributed by atoms with van der Waals surface area (Å²) in [7, 11) is 0. The first kappa shape index (κ1) is 14.3. The van der Waals surface area contributed by atoms with Crippen molar-refractivity contribution >= 4 is 5.78 Å². The topological polar surface area (TPSA) is 43.1 Å². The van der Waals surface area contributed by atoms with E-state index in [9.17, 15) is 4.79 Å². The number of oxazole rings is 1. The van der Waals surface area contributed by atoms with Gasteiger partial charge in [-0.3, -0.25) is 0 Å². The molecule has 3 aromatic rings. The smallest absolute Gasteiger partial charge is 0.195 e. The summed E-state index contributed by atoms with van der Waals surface area (Å²) in [6.45, 7) is 1.58. The molecule has 1 aromatic heterocycles. The molecule has 22 heavy (non-hydrogen) atoms. The van der Waals surface area contributed by atoms with E-state index in [1.54, 1.807) is 6.92 Å². The number of hydrogen-bond donors (Lipinski definition) is 0. The minimum atomic E-state index is 0.140. The second kappa shape index (κ2) is 6.39. The Morgan fingerprint density at radius 1 is 0.955 bits per heavy atom. The van der Waals surface area contributed by atoms with Gasteiger partial charge < -0.3 is 9.21 Å². The van der Waals surface area contributed by atoms with Crippen LogP contribution in [0.3, 0.4) is 0 Å². The van der Waals surface area contributed by atoms with Gasteiger partial charge in [0.25, 0.3) is 0 Å². The summed E-state index contributed by atoms with van der Waals surface area (Å²) in [5.74, 6) is 1.50. The molecule has 0 amide bonds. The molecule has 0 spiro atoms. The molecule has 3 heteroatoms. The van der Waals surface area contributed by atoms with Crippen molar-refractivity contribution in [1.82, 2.24) is 4.98 Å². The number of benzene rings is 2. The van der Waals surface area contributed by atoms with Crippen LogP contribution in [0.5, 0.6) is 0 Å². The number of carbonyl (C=O) groups excluding carboxylic acids is 1. The maximum Gasteiger partial charge on any atom is 0.195 e. The third kappa shape index (κ3) is 3.14. The highest BCUT2D eigenvalue weighted by molar-refractivity contribution is 5.77. The molecular weight excluding hydrogens is 274 g/mol. The third-order valence-electron chi connectivity index (χ3n) is 3.45. The zero-order valence-corrected chi connectivity index (χ0v) is 12.5. The Bertz CT molecular complexity index is 704. The van der Waals surface area contributed by atoms with Gasteiger partial charge in [0.2, 0.25) is 0 Å². The third-order valence-corrected chi connectivity index (χ3v) is 3.45. The van der Waals surface area contributed by atoms with Crippen LogP contribution in [-0.2, 0) is 11.2 Å². The number of carbonyl (C=O) groups is 1. The van der Waals surface area contributed by atoms with Gasteiger partial charge in [-0.25, -0.2) is 4.98 Å². The molecule has 1 heterocycles. The molecule has 3 nitrogen and oxygen atoms in total. The molecule has 0 aliphatic rings. The molecule has 0 radical (unpaired) electrons. The summed E-state index contributed by atoms with van der Waals surface area (Å²) in [6.07, 6.45) is 0.977. The van der Waals surface area contributed by atoms with Gasteiger partial charge in [0.15, 0.2) is 11.7 Å². The Hall–Kier alpha value is -2.68. The van der Waals surface area contributed by atoms with Gasteiger partial charge in [-0.1, -0.05) is 60.7 Å². The van der Waals surface area contributed by atoms with Gasteiger partial charge in [-0.05, 0) is 6.92 Å². The first-order valence-electron chi connectivity index (χ1n) is 7.34. The van der Waals surface area contributed by atoms with Crippen LogP contribution in [-0.4, -0.2) is 10.8 Å². The van der Waals surface area contributed by atoms with Crippen molar-refractivity contribution in [2.45, 2.75) is 19.8 Å². The Morgan fingerprint density at radius 3 is 2.14 bits per heavy atom. The molecule has 0 unspecified atom stereocenters. The number of hydrogen-bond acceptors (Lipinski definition) is 3. The summed E-state index contributed by atoms with van der Waals surface area (Å²) in [5, 5.41) is 0. The molecule has 110 valence electrons. The number of aryl methyl sites for hydroxylation is 1. The monoisotopic (exact) mass is 291 g/mol. The quantitative estimate of drug-likeness (QED) is 0.693. The summed E-state index contributed by atoms with van der Waals surface area (Å²) in [4.78, 5) is 15.8. The minimum absolute atomic E-state index is 0.140. The fourth-order valence-corrected chi connectivity index (χ4v) is 2.33. The fraction of sp³-hybridized carbons (Fsp3) is 0.158. The number of aromatic nitrogens is 1. The molecule has 0 saturated heterocycles. The fourth-order valence-electron chi connectivity index (χ4n) is 2.33. The lowest BCUT2D eigenvalue weighted by atomic mass is 10.1. The highest BCUT2D eigenvalue weighted by Crippen LogP contribution is 2.32. The molecule has 0 bridgehead atoms. The van der Waals surface area contributed by atoms with Gasteiger partial charge in [-0.2, -0.15) is 0 Å². The maximum atomic E-state index is 11.2. The standard InChI is InChI=1S/C19H17NO2/c1-14(21)12-13-17-20-18(15-8-4-2-5-9-15)19(22-17)16-10-6-3-7-11-16/h2-11H,12-13H2,1H3. The summed E-state index contributed by atoms with van der Waals surface area (Å²) < 4.78 is 5.94. The Balaban J connectivity index is 2.04. The van der Waals surface area contributed by atoms with Crippen LogP contribution in [0.25, 0.3) is 22.6 Å². The molecule has 0 saturated carbocycles. The molecule has 0 N–H and O–H groups in total. The zero-order valence-electron chi connectivity index (χ0n) is 12.5. The zero-order chi connectivity index (χ0) is 15.4. The van der Waals surface area contributed by atoms with Crippen molar-refractivity contribution in [3.8, 4) is 22.6 Å². The van der Waals surface area contributed by atoms with Crippen molar-refractivity contribution in [2.75, 3.05) is 0 Å². The lowest BCUT2D eigenvalue weighted by molar-refractivity contribution is -0.117. The number of rotatable bonds is 5. The molecule has 0 fully saturated rings. The average Bonchev–Trinajstić information content (AvgIpc) is 2.99. The van der Waals surface area contributed by atoms with Gasteiger partial charge in [0, 0.05) is 24.0 Å². The van der Waals surface area contributed by atoms with Crippen LogP contribution < -0.4 is 0 Å². The van der Waals surface area contributed by atoms with Crippen LogP contribution >= 0.6 is 0 Å². The van der Waals surface area contributed by atoms with E-state index in [-0.39, 0.29) is 5.78 Å². The average molecular weight is 291 g/mol. The van der Waals surface area contributed by atoms with E-state index < -0.39 is 0 Å². The Labute approximate surface area is 129 Å². The van der Waals surface area contributed by atoms with E-state index in [1.807, 2.05) is 60.7 Å². The highest BCUT2D eigenvalue weighted by atomic mass is 16.4. The first-order chi connectivity index (χ1) is 10.7. The largest absolute Gasteiger partial charge is 0.440 e. The van der Waals surface area contributed by atoms with Crippen molar-refractivity contribution in [2.24, 2.45) is 0 Å². The molecule has 0 atom stereocenters. The van der Waals surface area contributed by atoms with Crippen LogP contribution in [0.1, 0.15) is 19.2 Å². The highest BCUT2D eigenvalue weighted by Gasteiger charge is 2.16. The van der Waals surface area contributed by atoms with Crippen LogP contribution in [0.2, 0.25) is 0 Å². The summed E-state index contributed by atoms with van der Waals surface area (Å²) in [6, 6.07) is 19.9. The van der Waals surface area contributed by atoms with Crippen LogP contribution in [0.15, 0.2) is 65.1 Å². The lowest BCUT2D eigenvalue weighted by Crippen LogP contribution is -1.93. The van der Waals surface area contributed by atoms with E-state index in [0.717, 1.165) is 22.6 Å². The molecule has 0 aliphatic carbocycles. The van der Waals surface area contributed by atoms with Crippen molar-refractivity contribution in [1.29, 1.82) is 0 Å². The predicted octanol–water partition coefficient (Wildman–Crippen LogP) is 4.53. The van der Waals surface area contributed by atoms with Crippen LogP contribution in [0.4, 0.5) is 0 Å². The lowest BCUT2D eigenvalue weighted by Gasteiger charge is -2.00. The normalized spacial score (nSPS) is 10.6. The SMILES string of the molecule is CC(=O)CCc1nc(-c2ccccc2)c(-c2ccccc2)o1. The molecule has 2 aromatic carbocycles. The second-order valence-corrected chi connectivity index (χ2v) is 5.22. The summed E-state index contributed by atoms with van der Waals surface area (Å²) in [5.41, 5.74) is 2.83. The molecule has 0 aliphatic heterocycles. The summed E-state index contributed by atoms with van der Waals surface area (Å²) >= 11 is 0. The van der Waals surface area contributed by atoms with Gasteiger partial charge in [-0.15, -0.1) is 0 Å². The van der Waals surface area contributed by atoms with Crippen molar-refractivity contribution in [3.05, 3.63) is 66.6 Å². The van der Waals surface area contributed by atoms with Gasteiger partial charge in [0.1, 0.15) is 11.5 Å². The molecular formula is C19H17NO2. The number of ketones is 1. The van der Waals surface area contributed by atoms with E-state index >= 15 is 0 Å². The predicted molar refractivity (Wildman–Crippen MR) is 86.4 cm³/mol. The number of Topliss-reactive ketones (excluding diaryl/α,β-unsaturated/α-hetero) is 1. The maximum absolute atomic E-state index is 11.2. The van der Waals surface area contributed by atoms with Crippen LogP contribution in [0, 0.1) is 0 Å². The number of nitrogens with zero attached hydrogens (tertiary/aromatic N) is 1. The minimum Gasteiger partial charge on any atom is -0.440 e.